The zero-order valence-electron chi connectivity index (χ0n) is 17.6. The fraction of sp³-hybridized carbons (Fsp3) is 0.238. The lowest BCUT2D eigenvalue weighted by atomic mass is 10.2. The standard InChI is InChI=1S/C21H19F4N7O2/c22-17-13-26-20(29-19(17)32-7-9-33-10-8-32)30-27-12-15-4-2-6-18(28-15)31-34-16-5-1-3-14(11-16)21(23,24)25/h1-6,11-13H,7-10H2,(H,28,31)(H,26,29,30)/b27-12+. The van der Waals surface area contributed by atoms with Gasteiger partial charge in [-0.3, -0.25) is 0 Å². The molecular weight excluding hydrogens is 458 g/mol. The van der Waals surface area contributed by atoms with Crippen LogP contribution in [0.15, 0.2) is 53.8 Å². The monoisotopic (exact) mass is 477 g/mol. The second-order valence-electron chi connectivity index (χ2n) is 7.01. The van der Waals surface area contributed by atoms with E-state index in [-0.39, 0.29) is 23.3 Å². The molecule has 3 aromatic rings. The predicted molar refractivity (Wildman–Crippen MR) is 116 cm³/mol. The fourth-order valence-electron chi connectivity index (χ4n) is 2.99. The van der Waals surface area contributed by atoms with Gasteiger partial charge >= 0.3 is 6.18 Å². The van der Waals surface area contributed by atoms with Crippen LogP contribution in [0, 0.1) is 5.82 Å². The first-order valence-corrected chi connectivity index (χ1v) is 10.1. The number of pyridine rings is 1. The van der Waals surface area contributed by atoms with E-state index in [9.17, 15) is 17.6 Å². The molecule has 13 heteroatoms. The average Bonchev–Trinajstić information content (AvgIpc) is 2.84. The Labute approximate surface area is 191 Å². The molecule has 0 saturated carbocycles. The van der Waals surface area contributed by atoms with Crippen LogP contribution in [0.25, 0.3) is 0 Å². The maximum atomic E-state index is 14.1. The number of alkyl halides is 3. The summed E-state index contributed by atoms with van der Waals surface area (Å²) < 4.78 is 57.8. The van der Waals surface area contributed by atoms with Gasteiger partial charge in [0, 0.05) is 13.1 Å². The van der Waals surface area contributed by atoms with E-state index in [1.54, 1.807) is 23.1 Å². The van der Waals surface area contributed by atoms with Gasteiger partial charge in [0.15, 0.2) is 23.2 Å². The van der Waals surface area contributed by atoms with Crippen LogP contribution in [0.3, 0.4) is 0 Å². The number of ether oxygens (including phenoxy) is 1. The third kappa shape index (κ3) is 6.07. The molecule has 34 heavy (non-hydrogen) atoms. The molecule has 3 heterocycles. The maximum Gasteiger partial charge on any atom is 0.416 e. The first kappa shape index (κ1) is 23.2. The van der Waals surface area contributed by atoms with Crippen molar-refractivity contribution in [3.05, 3.63) is 65.7 Å². The summed E-state index contributed by atoms with van der Waals surface area (Å²) in [6.45, 7) is 2.00. The number of morpholine rings is 1. The van der Waals surface area contributed by atoms with Crippen LogP contribution in [-0.4, -0.2) is 47.5 Å². The molecule has 1 aliphatic heterocycles. The molecule has 0 radical (unpaired) electrons. The lowest BCUT2D eigenvalue weighted by Crippen LogP contribution is -2.37. The normalized spacial score (nSPS) is 14.3. The molecule has 0 atom stereocenters. The molecule has 0 aliphatic carbocycles. The van der Waals surface area contributed by atoms with Crippen LogP contribution in [0.1, 0.15) is 11.3 Å². The predicted octanol–water partition coefficient (Wildman–Crippen LogP) is 3.72. The third-order valence-corrected chi connectivity index (χ3v) is 4.60. The van der Waals surface area contributed by atoms with Crippen LogP contribution in [0.5, 0.6) is 5.75 Å². The molecule has 9 nitrogen and oxygen atoms in total. The van der Waals surface area contributed by atoms with E-state index in [1.807, 2.05) is 0 Å². The van der Waals surface area contributed by atoms with Crippen LogP contribution >= 0.6 is 0 Å². The number of nitrogens with one attached hydrogen (secondary N) is 2. The Bertz CT molecular complexity index is 1150. The number of hydrazone groups is 1. The van der Waals surface area contributed by atoms with Gasteiger partial charge < -0.3 is 14.5 Å². The summed E-state index contributed by atoms with van der Waals surface area (Å²) in [4.78, 5) is 19.2. The minimum Gasteiger partial charge on any atom is -0.381 e. The van der Waals surface area contributed by atoms with E-state index in [0.29, 0.717) is 32.0 Å². The van der Waals surface area contributed by atoms with E-state index >= 15 is 0 Å². The Morgan fingerprint density at radius 2 is 1.88 bits per heavy atom. The second-order valence-corrected chi connectivity index (χ2v) is 7.01. The molecule has 1 aromatic carbocycles. The number of aromatic nitrogens is 3. The van der Waals surface area contributed by atoms with Gasteiger partial charge in [0.05, 0.1) is 36.9 Å². The highest BCUT2D eigenvalue weighted by Gasteiger charge is 2.30. The second kappa shape index (κ2) is 10.3. The van der Waals surface area contributed by atoms with E-state index in [0.717, 1.165) is 18.3 Å². The first-order chi connectivity index (χ1) is 16.4. The number of hydrogen-bond donors (Lipinski definition) is 2. The number of hydrogen-bond acceptors (Lipinski definition) is 9. The van der Waals surface area contributed by atoms with Crippen molar-refractivity contribution in [3.8, 4) is 5.75 Å². The van der Waals surface area contributed by atoms with Gasteiger partial charge in [-0.1, -0.05) is 12.1 Å². The van der Waals surface area contributed by atoms with Crippen molar-refractivity contribution in [2.45, 2.75) is 6.18 Å². The Kier molecular flexibility index (Phi) is 7.01. The van der Waals surface area contributed by atoms with E-state index in [4.69, 9.17) is 9.57 Å². The fourth-order valence-corrected chi connectivity index (χ4v) is 2.99. The molecule has 1 fully saturated rings. The summed E-state index contributed by atoms with van der Waals surface area (Å²) in [5.41, 5.74) is 4.69. The molecule has 0 unspecified atom stereocenters. The summed E-state index contributed by atoms with van der Waals surface area (Å²) in [7, 11) is 0. The van der Waals surface area contributed by atoms with Gasteiger partial charge in [0.1, 0.15) is 0 Å². The summed E-state index contributed by atoms with van der Waals surface area (Å²) >= 11 is 0. The number of halogens is 4. The highest BCUT2D eigenvalue weighted by molar-refractivity contribution is 5.78. The minimum atomic E-state index is -4.47. The highest BCUT2D eigenvalue weighted by atomic mass is 19.4. The van der Waals surface area contributed by atoms with Crippen LogP contribution in [0.2, 0.25) is 0 Å². The molecule has 4 rings (SSSR count). The minimum absolute atomic E-state index is 0.0260. The number of anilines is 3. The summed E-state index contributed by atoms with van der Waals surface area (Å²) in [5.74, 6) is -0.0677. The smallest absolute Gasteiger partial charge is 0.381 e. The topological polar surface area (TPSA) is 96.8 Å². The van der Waals surface area contributed by atoms with Crippen molar-refractivity contribution in [2.24, 2.45) is 5.10 Å². The zero-order valence-corrected chi connectivity index (χ0v) is 17.6. The van der Waals surface area contributed by atoms with Crippen molar-refractivity contribution in [2.75, 3.05) is 42.1 Å². The number of nitrogens with zero attached hydrogens (tertiary/aromatic N) is 5. The summed E-state index contributed by atoms with van der Waals surface area (Å²) in [5, 5.41) is 4.00. The number of benzene rings is 1. The molecule has 178 valence electrons. The van der Waals surface area contributed by atoms with Gasteiger partial charge in [0.25, 0.3) is 0 Å². The SMILES string of the molecule is Fc1cnc(N/N=C/c2cccc(NOc3cccc(C(F)(F)F)c3)n2)nc1N1CCOCC1. The molecule has 1 aliphatic rings. The van der Waals surface area contributed by atoms with Crippen molar-refractivity contribution in [1.29, 1.82) is 0 Å². The van der Waals surface area contributed by atoms with E-state index in [1.165, 1.54) is 18.3 Å². The maximum absolute atomic E-state index is 14.1. The zero-order chi connectivity index (χ0) is 24.0. The molecule has 0 spiro atoms. The Balaban J connectivity index is 1.37. The largest absolute Gasteiger partial charge is 0.416 e. The Morgan fingerprint density at radius 1 is 1.09 bits per heavy atom. The summed E-state index contributed by atoms with van der Waals surface area (Å²) in [6.07, 6.45) is -2.04. The van der Waals surface area contributed by atoms with Gasteiger partial charge in [-0.15, -0.1) is 0 Å². The lowest BCUT2D eigenvalue weighted by Gasteiger charge is -2.27. The van der Waals surface area contributed by atoms with Crippen molar-refractivity contribution >= 4 is 23.8 Å². The van der Waals surface area contributed by atoms with Crippen molar-refractivity contribution in [1.82, 2.24) is 15.0 Å². The quantitative estimate of drug-likeness (QED) is 0.302. The van der Waals surface area contributed by atoms with E-state index in [2.05, 4.69) is 31.0 Å². The highest BCUT2D eigenvalue weighted by Crippen LogP contribution is 2.31. The van der Waals surface area contributed by atoms with Gasteiger partial charge in [-0.05, 0) is 30.3 Å². The van der Waals surface area contributed by atoms with Gasteiger partial charge in [0.2, 0.25) is 5.95 Å². The molecule has 0 bridgehead atoms. The van der Waals surface area contributed by atoms with Crippen LogP contribution in [-0.2, 0) is 10.9 Å². The molecule has 2 aromatic heterocycles. The van der Waals surface area contributed by atoms with Crippen molar-refractivity contribution < 1.29 is 27.1 Å². The first-order valence-electron chi connectivity index (χ1n) is 10.1. The van der Waals surface area contributed by atoms with Crippen LogP contribution in [0.4, 0.5) is 35.1 Å². The van der Waals surface area contributed by atoms with Gasteiger partial charge in [-0.2, -0.15) is 23.3 Å². The lowest BCUT2D eigenvalue weighted by molar-refractivity contribution is -0.137. The number of rotatable bonds is 7. The third-order valence-electron chi connectivity index (χ3n) is 4.60. The van der Waals surface area contributed by atoms with Gasteiger partial charge in [-0.25, -0.2) is 25.3 Å². The summed E-state index contributed by atoms with van der Waals surface area (Å²) in [6, 6.07) is 9.30. The van der Waals surface area contributed by atoms with Crippen molar-refractivity contribution in [3.63, 3.8) is 0 Å². The molecule has 1 saturated heterocycles. The van der Waals surface area contributed by atoms with E-state index < -0.39 is 17.6 Å². The molecular formula is C21H19F4N7O2. The molecule has 0 amide bonds. The average molecular weight is 477 g/mol. The Hall–Kier alpha value is -4.00. The van der Waals surface area contributed by atoms with Crippen LogP contribution < -0.4 is 20.6 Å². The molecule has 2 N–H and O–H groups in total. The Morgan fingerprint density at radius 3 is 2.68 bits per heavy atom.